The predicted molar refractivity (Wildman–Crippen MR) is 62.7 cm³/mol. The van der Waals surface area contributed by atoms with Gasteiger partial charge in [0.15, 0.2) is 0 Å². The van der Waals surface area contributed by atoms with Crippen molar-refractivity contribution in [2.24, 2.45) is 5.73 Å². The average Bonchev–Trinajstić information content (AvgIpc) is 2.11. The molecule has 0 bridgehead atoms. The fourth-order valence-electron chi connectivity index (χ4n) is 1.92. The Balaban J connectivity index is 3.02. The molecule has 1 aromatic carbocycles. The molecule has 0 heterocycles. The molecule has 0 spiro atoms. The van der Waals surface area contributed by atoms with E-state index >= 15 is 0 Å². The van der Waals surface area contributed by atoms with Crippen LogP contribution in [-0.2, 0) is 0 Å². The van der Waals surface area contributed by atoms with Crippen LogP contribution in [0.3, 0.4) is 0 Å². The van der Waals surface area contributed by atoms with Gasteiger partial charge in [0.05, 0.1) is 0 Å². The molecule has 1 atom stereocenters. The topological polar surface area (TPSA) is 26.0 Å². The zero-order chi connectivity index (χ0) is 10.7. The van der Waals surface area contributed by atoms with Gasteiger partial charge in [-0.15, -0.1) is 0 Å². The van der Waals surface area contributed by atoms with Gasteiger partial charge in [0.1, 0.15) is 0 Å². The van der Waals surface area contributed by atoms with Gasteiger partial charge in [0, 0.05) is 0 Å². The van der Waals surface area contributed by atoms with Crippen molar-refractivity contribution in [3.63, 3.8) is 0 Å². The van der Waals surface area contributed by atoms with E-state index in [-0.39, 0.29) is 0 Å². The molecule has 0 saturated heterocycles. The second kappa shape index (κ2) is 4.61. The lowest BCUT2D eigenvalue weighted by atomic mass is 9.90. The van der Waals surface area contributed by atoms with Gasteiger partial charge >= 0.3 is 0 Å². The van der Waals surface area contributed by atoms with Crippen LogP contribution in [0.1, 0.15) is 41.5 Å². The molecule has 2 N–H and O–H groups in total. The van der Waals surface area contributed by atoms with E-state index in [1.54, 1.807) is 0 Å². The van der Waals surface area contributed by atoms with Gasteiger partial charge in [-0.1, -0.05) is 19.1 Å². The Morgan fingerprint density at radius 2 is 1.64 bits per heavy atom. The second-order valence-electron chi connectivity index (χ2n) is 4.27. The first kappa shape index (κ1) is 11.3. The molecule has 0 aliphatic heterocycles. The molecule has 0 radical (unpaired) electrons. The minimum absolute atomic E-state index is 0.583. The van der Waals surface area contributed by atoms with E-state index in [0.717, 1.165) is 13.0 Å². The van der Waals surface area contributed by atoms with Gasteiger partial charge in [0.2, 0.25) is 0 Å². The van der Waals surface area contributed by atoms with E-state index in [4.69, 9.17) is 5.73 Å². The van der Waals surface area contributed by atoms with Gasteiger partial charge in [-0.05, 0) is 61.9 Å². The molecule has 14 heavy (non-hydrogen) atoms. The molecule has 0 saturated carbocycles. The van der Waals surface area contributed by atoms with Crippen LogP contribution >= 0.6 is 0 Å². The summed E-state index contributed by atoms with van der Waals surface area (Å²) >= 11 is 0. The van der Waals surface area contributed by atoms with E-state index < -0.39 is 0 Å². The SMILES string of the molecule is Cc1cc(C)c(C(C)CCN)cc1C. The zero-order valence-corrected chi connectivity index (χ0v) is 9.72. The first-order chi connectivity index (χ1) is 6.56. The van der Waals surface area contributed by atoms with E-state index in [2.05, 4.69) is 39.8 Å². The molecule has 78 valence electrons. The van der Waals surface area contributed by atoms with E-state index in [9.17, 15) is 0 Å². The van der Waals surface area contributed by atoms with Gasteiger partial charge in [-0.2, -0.15) is 0 Å². The number of rotatable bonds is 3. The third-order valence-electron chi connectivity index (χ3n) is 3.01. The summed E-state index contributed by atoms with van der Waals surface area (Å²) in [4.78, 5) is 0. The Hall–Kier alpha value is -0.820. The van der Waals surface area contributed by atoms with Crippen LogP contribution in [0.25, 0.3) is 0 Å². The maximum absolute atomic E-state index is 5.58. The van der Waals surface area contributed by atoms with Crippen molar-refractivity contribution in [1.29, 1.82) is 0 Å². The molecule has 1 unspecified atom stereocenters. The summed E-state index contributed by atoms with van der Waals surface area (Å²) in [7, 11) is 0. The predicted octanol–water partition coefficient (Wildman–Crippen LogP) is 3.06. The number of aryl methyl sites for hydroxylation is 3. The monoisotopic (exact) mass is 191 g/mol. The van der Waals surface area contributed by atoms with E-state index in [0.29, 0.717) is 5.92 Å². The Morgan fingerprint density at radius 1 is 1.07 bits per heavy atom. The molecule has 0 fully saturated rings. The molecule has 0 aliphatic rings. The lowest BCUT2D eigenvalue weighted by Gasteiger charge is -2.15. The van der Waals surface area contributed by atoms with Crippen molar-refractivity contribution < 1.29 is 0 Å². The third kappa shape index (κ3) is 2.36. The van der Waals surface area contributed by atoms with Crippen molar-refractivity contribution in [3.05, 3.63) is 34.4 Å². The molecule has 1 heteroatoms. The van der Waals surface area contributed by atoms with Crippen LogP contribution in [0.4, 0.5) is 0 Å². The van der Waals surface area contributed by atoms with Crippen LogP contribution in [0.5, 0.6) is 0 Å². The minimum Gasteiger partial charge on any atom is -0.330 e. The molecular weight excluding hydrogens is 170 g/mol. The first-order valence-corrected chi connectivity index (χ1v) is 5.34. The highest BCUT2D eigenvalue weighted by Crippen LogP contribution is 2.24. The molecular formula is C13H21N. The number of hydrogen-bond acceptors (Lipinski definition) is 1. The fraction of sp³-hybridized carbons (Fsp3) is 0.538. The maximum Gasteiger partial charge on any atom is -0.00715 e. The van der Waals surface area contributed by atoms with Gasteiger partial charge in [0.25, 0.3) is 0 Å². The Labute approximate surface area is 87.3 Å². The largest absolute Gasteiger partial charge is 0.330 e. The summed E-state index contributed by atoms with van der Waals surface area (Å²) in [5.41, 5.74) is 11.2. The quantitative estimate of drug-likeness (QED) is 0.780. The Morgan fingerprint density at radius 3 is 2.21 bits per heavy atom. The molecule has 0 aliphatic carbocycles. The van der Waals surface area contributed by atoms with Crippen LogP contribution in [-0.4, -0.2) is 6.54 Å². The summed E-state index contributed by atoms with van der Waals surface area (Å²) in [6, 6.07) is 4.59. The highest BCUT2D eigenvalue weighted by atomic mass is 14.5. The second-order valence-corrected chi connectivity index (χ2v) is 4.27. The Bertz CT molecular complexity index is 315. The zero-order valence-electron chi connectivity index (χ0n) is 9.72. The summed E-state index contributed by atoms with van der Waals surface area (Å²) in [5, 5.41) is 0. The van der Waals surface area contributed by atoms with E-state index in [1.165, 1.54) is 22.3 Å². The summed E-state index contributed by atoms with van der Waals surface area (Å²) in [6.45, 7) is 9.55. The summed E-state index contributed by atoms with van der Waals surface area (Å²) in [6.07, 6.45) is 1.07. The van der Waals surface area contributed by atoms with E-state index in [1.807, 2.05) is 0 Å². The molecule has 1 nitrogen and oxygen atoms in total. The lowest BCUT2D eigenvalue weighted by Crippen LogP contribution is -2.06. The van der Waals surface area contributed by atoms with Crippen LogP contribution in [0.15, 0.2) is 12.1 Å². The summed E-state index contributed by atoms with van der Waals surface area (Å²) < 4.78 is 0. The smallest absolute Gasteiger partial charge is 0.00715 e. The first-order valence-electron chi connectivity index (χ1n) is 5.34. The molecule has 1 rings (SSSR count). The van der Waals surface area contributed by atoms with Crippen molar-refractivity contribution in [2.75, 3.05) is 6.54 Å². The van der Waals surface area contributed by atoms with Crippen LogP contribution < -0.4 is 5.73 Å². The van der Waals surface area contributed by atoms with Crippen molar-refractivity contribution in [2.45, 2.75) is 40.0 Å². The highest BCUT2D eigenvalue weighted by molar-refractivity contribution is 5.38. The fourth-order valence-corrected chi connectivity index (χ4v) is 1.92. The number of nitrogens with two attached hydrogens (primary N) is 1. The Kier molecular flexibility index (Phi) is 3.70. The maximum atomic E-state index is 5.58. The van der Waals surface area contributed by atoms with Crippen molar-refractivity contribution >= 4 is 0 Å². The van der Waals surface area contributed by atoms with Crippen LogP contribution in [0.2, 0.25) is 0 Å². The minimum atomic E-state index is 0.583. The number of hydrogen-bond donors (Lipinski definition) is 1. The molecule has 0 aromatic heterocycles. The van der Waals surface area contributed by atoms with Gasteiger partial charge in [-0.3, -0.25) is 0 Å². The standard InChI is InChI=1S/C13H21N/c1-9(5-6-14)13-8-11(3)10(2)7-12(13)4/h7-9H,5-6,14H2,1-4H3. The van der Waals surface area contributed by atoms with Crippen LogP contribution in [0, 0.1) is 20.8 Å². The molecule has 1 aromatic rings. The average molecular weight is 191 g/mol. The van der Waals surface area contributed by atoms with Gasteiger partial charge in [-0.25, -0.2) is 0 Å². The highest BCUT2D eigenvalue weighted by Gasteiger charge is 2.08. The van der Waals surface area contributed by atoms with Crippen molar-refractivity contribution in [3.8, 4) is 0 Å². The third-order valence-corrected chi connectivity index (χ3v) is 3.01. The summed E-state index contributed by atoms with van der Waals surface area (Å²) in [5.74, 6) is 0.583. The normalized spacial score (nSPS) is 12.9. The number of benzene rings is 1. The van der Waals surface area contributed by atoms with Gasteiger partial charge < -0.3 is 5.73 Å². The van der Waals surface area contributed by atoms with Crippen molar-refractivity contribution in [1.82, 2.24) is 0 Å². The molecule has 0 amide bonds. The lowest BCUT2D eigenvalue weighted by molar-refractivity contribution is 0.685.